The molecule has 0 unspecified atom stereocenters. The summed E-state index contributed by atoms with van der Waals surface area (Å²) in [5.74, 6) is -0.0239. The molecule has 4 heteroatoms. The van der Waals surface area contributed by atoms with Crippen molar-refractivity contribution in [3.05, 3.63) is 70.8 Å². The number of benzene rings is 2. The summed E-state index contributed by atoms with van der Waals surface area (Å²) in [6, 6.07) is 15.5. The summed E-state index contributed by atoms with van der Waals surface area (Å²) in [5.41, 5.74) is 3.54. The lowest BCUT2D eigenvalue weighted by Crippen LogP contribution is -2.32. The highest BCUT2D eigenvalue weighted by molar-refractivity contribution is 5.95. The third kappa shape index (κ3) is 3.65. The zero-order valence-corrected chi connectivity index (χ0v) is 14.1. The molecule has 3 rings (SSSR count). The molecule has 0 aliphatic heterocycles. The van der Waals surface area contributed by atoms with Crippen LogP contribution in [0.5, 0.6) is 0 Å². The van der Waals surface area contributed by atoms with Crippen LogP contribution in [0.4, 0.5) is 0 Å². The Morgan fingerprint density at radius 3 is 2.12 bits per heavy atom. The molecule has 24 heavy (non-hydrogen) atoms. The van der Waals surface area contributed by atoms with Gasteiger partial charge in [-0.05, 0) is 49.6 Å². The molecule has 1 aliphatic carbocycles. The quantitative estimate of drug-likeness (QED) is 0.919. The van der Waals surface area contributed by atoms with Gasteiger partial charge in [-0.25, -0.2) is 0 Å². The lowest BCUT2D eigenvalue weighted by atomic mass is 10.1. The van der Waals surface area contributed by atoms with E-state index < -0.39 is 0 Å². The van der Waals surface area contributed by atoms with E-state index in [4.69, 9.17) is 0 Å². The molecule has 4 nitrogen and oxygen atoms in total. The molecule has 2 amide bonds. The maximum atomic E-state index is 12.8. The van der Waals surface area contributed by atoms with E-state index in [0.717, 1.165) is 29.5 Å². The van der Waals surface area contributed by atoms with Crippen molar-refractivity contribution in [1.82, 2.24) is 10.2 Å². The van der Waals surface area contributed by atoms with Gasteiger partial charge in [0.15, 0.2) is 0 Å². The number of nitrogens with zero attached hydrogens (tertiary/aromatic N) is 1. The Morgan fingerprint density at radius 2 is 1.58 bits per heavy atom. The van der Waals surface area contributed by atoms with Gasteiger partial charge in [0, 0.05) is 30.8 Å². The highest BCUT2D eigenvalue weighted by atomic mass is 16.2. The maximum absolute atomic E-state index is 12.8. The number of carbonyl (C=O) groups excluding carboxylic acids is 2. The van der Waals surface area contributed by atoms with Crippen LogP contribution in [0.1, 0.15) is 44.7 Å². The van der Waals surface area contributed by atoms with Gasteiger partial charge in [-0.2, -0.15) is 0 Å². The van der Waals surface area contributed by atoms with Crippen LogP contribution in [0, 0.1) is 6.92 Å². The lowest BCUT2D eigenvalue weighted by molar-refractivity contribution is 0.0729. The Hall–Kier alpha value is -2.62. The van der Waals surface area contributed by atoms with E-state index in [1.807, 2.05) is 48.2 Å². The fourth-order valence-electron chi connectivity index (χ4n) is 2.72. The Balaban J connectivity index is 1.75. The van der Waals surface area contributed by atoms with Crippen LogP contribution in [-0.4, -0.2) is 29.8 Å². The minimum atomic E-state index is -0.101. The zero-order chi connectivity index (χ0) is 17.1. The van der Waals surface area contributed by atoms with E-state index >= 15 is 0 Å². The standard InChI is InChI=1S/C20H22N2O2/c1-14-3-7-17(8-4-14)20(24)22(18-11-12-18)13-15-5-9-16(10-6-15)19(23)21-2/h3-10,18H,11-13H2,1-2H3,(H,21,23). The van der Waals surface area contributed by atoms with Crippen molar-refractivity contribution in [2.75, 3.05) is 7.05 Å². The predicted octanol–water partition coefficient (Wildman–Crippen LogP) is 3.16. The van der Waals surface area contributed by atoms with Crippen molar-refractivity contribution in [1.29, 1.82) is 0 Å². The van der Waals surface area contributed by atoms with Crippen LogP contribution in [0.2, 0.25) is 0 Å². The molecular formula is C20H22N2O2. The number of nitrogens with one attached hydrogen (secondary N) is 1. The van der Waals surface area contributed by atoms with Gasteiger partial charge in [-0.3, -0.25) is 9.59 Å². The first-order valence-electron chi connectivity index (χ1n) is 8.27. The Labute approximate surface area is 142 Å². The van der Waals surface area contributed by atoms with Crippen molar-refractivity contribution in [2.24, 2.45) is 0 Å². The van der Waals surface area contributed by atoms with Crippen LogP contribution in [0.25, 0.3) is 0 Å². The molecule has 0 radical (unpaired) electrons. The van der Waals surface area contributed by atoms with Gasteiger partial charge in [0.1, 0.15) is 0 Å². The van der Waals surface area contributed by atoms with Crippen molar-refractivity contribution < 1.29 is 9.59 Å². The van der Waals surface area contributed by atoms with Gasteiger partial charge in [-0.15, -0.1) is 0 Å². The number of hydrogen-bond acceptors (Lipinski definition) is 2. The largest absolute Gasteiger partial charge is 0.355 e. The van der Waals surface area contributed by atoms with Crippen LogP contribution in [0.3, 0.4) is 0 Å². The van der Waals surface area contributed by atoms with Gasteiger partial charge in [-0.1, -0.05) is 29.8 Å². The average molecular weight is 322 g/mol. The minimum absolute atomic E-state index is 0.0767. The lowest BCUT2D eigenvalue weighted by Gasteiger charge is -2.23. The molecule has 1 aliphatic rings. The smallest absolute Gasteiger partial charge is 0.254 e. The normalized spacial score (nSPS) is 13.4. The fraction of sp³-hybridized carbons (Fsp3) is 0.300. The molecule has 0 saturated heterocycles. The summed E-state index contributed by atoms with van der Waals surface area (Å²) in [7, 11) is 1.62. The van der Waals surface area contributed by atoms with Gasteiger partial charge in [0.2, 0.25) is 0 Å². The van der Waals surface area contributed by atoms with Gasteiger partial charge >= 0.3 is 0 Å². The fourth-order valence-corrected chi connectivity index (χ4v) is 2.72. The SMILES string of the molecule is CNC(=O)c1ccc(CN(C(=O)c2ccc(C)cc2)C2CC2)cc1. The van der Waals surface area contributed by atoms with Crippen molar-refractivity contribution in [3.63, 3.8) is 0 Å². The second-order valence-corrected chi connectivity index (χ2v) is 6.31. The molecule has 2 aromatic rings. The number of hydrogen-bond donors (Lipinski definition) is 1. The second kappa shape index (κ2) is 6.87. The zero-order valence-electron chi connectivity index (χ0n) is 14.1. The van der Waals surface area contributed by atoms with E-state index in [-0.39, 0.29) is 11.8 Å². The molecule has 0 aromatic heterocycles. The summed E-state index contributed by atoms with van der Waals surface area (Å²) >= 11 is 0. The summed E-state index contributed by atoms with van der Waals surface area (Å²) < 4.78 is 0. The molecule has 0 bridgehead atoms. The highest BCUT2D eigenvalue weighted by Crippen LogP contribution is 2.30. The Kier molecular flexibility index (Phi) is 4.65. The topological polar surface area (TPSA) is 49.4 Å². The van der Waals surface area contributed by atoms with Crippen LogP contribution in [-0.2, 0) is 6.54 Å². The number of amides is 2. The molecule has 1 saturated carbocycles. The number of carbonyl (C=O) groups is 2. The van der Waals surface area contributed by atoms with Crippen LogP contribution in [0.15, 0.2) is 48.5 Å². The van der Waals surface area contributed by atoms with E-state index in [1.54, 1.807) is 19.2 Å². The number of aryl methyl sites for hydroxylation is 1. The number of rotatable bonds is 5. The Morgan fingerprint density at radius 1 is 1.00 bits per heavy atom. The third-order valence-electron chi connectivity index (χ3n) is 4.34. The molecule has 0 atom stereocenters. The second-order valence-electron chi connectivity index (χ2n) is 6.31. The highest BCUT2D eigenvalue weighted by Gasteiger charge is 2.33. The molecular weight excluding hydrogens is 300 g/mol. The first-order chi connectivity index (χ1) is 11.6. The van der Waals surface area contributed by atoms with Gasteiger partial charge in [0.05, 0.1) is 0 Å². The van der Waals surface area contributed by atoms with Crippen LogP contribution >= 0.6 is 0 Å². The first-order valence-corrected chi connectivity index (χ1v) is 8.27. The molecule has 1 N–H and O–H groups in total. The van der Waals surface area contributed by atoms with Gasteiger partial charge in [0.25, 0.3) is 11.8 Å². The molecule has 0 heterocycles. The predicted molar refractivity (Wildman–Crippen MR) is 93.9 cm³/mol. The minimum Gasteiger partial charge on any atom is -0.355 e. The van der Waals surface area contributed by atoms with Crippen molar-refractivity contribution >= 4 is 11.8 Å². The summed E-state index contributed by atoms with van der Waals surface area (Å²) in [5, 5.41) is 2.61. The van der Waals surface area contributed by atoms with Crippen LogP contribution < -0.4 is 5.32 Å². The van der Waals surface area contributed by atoms with Crippen molar-refractivity contribution in [2.45, 2.75) is 32.4 Å². The maximum Gasteiger partial charge on any atom is 0.254 e. The van der Waals surface area contributed by atoms with E-state index in [2.05, 4.69) is 5.32 Å². The van der Waals surface area contributed by atoms with E-state index in [9.17, 15) is 9.59 Å². The van der Waals surface area contributed by atoms with Gasteiger partial charge < -0.3 is 10.2 Å². The summed E-state index contributed by atoms with van der Waals surface area (Å²) in [6.45, 7) is 2.59. The van der Waals surface area contributed by atoms with E-state index in [0.29, 0.717) is 18.2 Å². The van der Waals surface area contributed by atoms with Crippen molar-refractivity contribution in [3.8, 4) is 0 Å². The summed E-state index contributed by atoms with van der Waals surface area (Å²) in [6.07, 6.45) is 2.13. The molecule has 0 spiro atoms. The Bertz CT molecular complexity index is 731. The summed E-state index contributed by atoms with van der Waals surface area (Å²) in [4.78, 5) is 26.4. The molecule has 124 valence electrons. The monoisotopic (exact) mass is 322 g/mol. The first kappa shape index (κ1) is 16.2. The third-order valence-corrected chi connectivity index (χ3v) is 4.34. The van der Waals surface area contributed by atoms with E-state index in [1.165, 1.54) is 0 Å². The average Bonchev–Trinajstić information content (AvgIpc) is 3.44. The molecule has 2 aromatic carbocycles. The molecule has 1 fully saturated rings.